The Labute approximate surface area is 120 Å². The fourth-order valence-electron chi connectivity index (χ4n) is 2.74. The lowest BCUT2D eigenvalue weighted by Crippen LogP contribution is -3.04. The van der Waals surface area contributed by atoms with Gasteiger partial charge >= 0.3 is 0 Å². The van der Waals surface area contributed by atoms with Crippen LogP contribution in [0.15, 0.2) is 66.7 Å². The van der Waals surface area contributed by atoms with E-state index in [-0.39, 0.29) is 0 Å². The Morgan fingerprint density at radius 3 is 2.25 bits per heavy atom. The molecule has 3 aromatic carbocycles. The largest absolute Gasteiger partial charge is 0.336 e. The van der Waals surface area contributed by atoms with Crippen molar-refractivity contribution in [2.24, 2.45) is 0 Å². The van der Waals surface area contributed by atoms with Crippen molar-refractivity contribution in [3.63, 3.8) is 0 Å². The first-order valence-corrected chi connectivity index (χ1v) is 7.10. The third-order valence-electron chi connectivity index (χ3n) is 3.56. The molecule has 0 bridgehead atoms. The Morgan fingerprint density at radius 1 is 0.800 bits per heavy atom. The van der Waals surface area contributed by atoms with E-state index in [1.807, 2.05) is 0 Å². The molecule has 1 N–H and O–H groups in total. The van der Waals surface area contributed by atoms with Gasteiger partial charge in [-0.05, 0) is 34.0 Å². The van der Waals surface area contributed by atoms with Gasteiger partial charge in [0, 0.05) is 5.56 Å². The molecule has 0 aliphatic heterocycles. The van der Waals surface area contributed by atoms with E-state index in [1.165, 1.54) is 32.4 Å². The van der Waals surface area contributed by atoms with Crippen molar-refractivity contribution in [2.75, 3.05) is 14.1 Å². The summed E-state index contributed by atoms with van der Waals surface area (Å²) < 4.78 is 0. The van der Waals surface area contributed by atoms with Crippen LogP contribution in [0.1, 0.15) is 5.56 Å². The zero-order chi connectivity index (χ0) is 13.9. The Morgan fingerprint density at radius 2 is 1.50 bits per heavy atom. The molecular weight excluding hydrogens is 242 g/mol. The third-order valence-corrected chi connectivity index (χ3v) is 3.56. The summed E-state index contributed by atoms with van der Waals surface area (Å²) in [4.78, 5) is 1.44. The maximum Gasteiger partial charge on any atom is 0.102 e. The van der Waals surface area contributed by atoms with Crippen LogP contribution in [-0.4, -0.2) is 14.1 Å². The van der Waals surface area contributed by atoms with Gasteiger partial charge in [-0.15, -0.1) is 0 Å². The normalized spacial score (nSPS) is 11.2. The first kappa shape index (κ1) is 12.9. The fraction of sp³-hybridized carbons (Fsp3) is 0.158. The molecule has 20 heavy (non-hydrogen) atoms. The molecule has 0 saturated carbocycles. The van der Waals surface area contributed by atoms with Crippen molar-refractivity contribution in [3.8, 4) is 11.1 Å². The van der Waals surface area contributed by atoms with E-state index in [0.717, 1.165) is 6.54 Å². The van der Waals surface area contributed by atoms with Gasteiger partial charge in [0.05, 0.1) is 14.1 Å². The molecule has 3 rings (SSSR count). The van der Waals surface area contributed by atoms with E-state index >= 15 is 0 Å². The summed E-state index contributed by atoms with van der Waals surface area (Å²) in [7, 11) is 4.38. The Kier molecular flexibility index (Phi) is 3.53. The lowest BCUT2D eigenvalue weighted by molar-refractivity contribution is -0.872. The molecule has 100 valence electrons. The number of hydrogen-bond acceptors (Lipinski definition) is 0. The Bertz CT molecular complexity index is 714. The molecule has 1 heteroatoms. The van der Waals surface area contributed by atoms with E-state index < -0.39 is 0 Å². The minimum Gasteiger partial charge on any atom is -0.336 e. The SMILES string of the molecule is C[NH+](C)Cc1cc(-c2ccccc2)c2ccccc2c1. The van der Waals surface area contributed by atoms with Gasteiger partial charge in [-0.25, -0.2) is 0 Å². The van der Waals surface area contributed by atoms with Crippen molar-refractivity contribution in [2.45, 2.75) is 6.54 Å². The van der Waals surface area contributed by atoms with Gasteiger partial charge < -0.3 is 4.90 Å². The smallest absolute Gasteiger partial charge is 0.102 e. The average Bonchev–Trinajstić information content (AvgIpc) is 2.47. The molecule has 0 heterocycles. The van der Waals surface area contributed by atoms with Gasteiger partial charge in [-0.3, -0.25) is 0 Å². The highest BCUT2D eigenvalue weighted by atomic mass is 15.0. The topological polar surface area (TPSA) is 4.44 Å². The molecule has 0 amide bonds. The van der Waals surface area contributed by atoms with E-state index in [0.29, 0.717) is 0 Å². The summed E-state index contributed by atoms with van der Waals surface area (Å²) >= 11 is 0. The zero-order valence-electron chi connectivity index (χ0n) is 12.1. The molecule has 0 aliphatic carbocycles. The number of hydrogen-bond donors (Lipinski definition) is 1. The van der Waals surface area contributed by atoms with E-state index in [9.17, 15) is 0 Å². The van der Waals surface area contributed by atoms with Gasteiger partial charge in [-0.2, -0.15) is 0 Å². The lowest BCUT2D eigenvalue weighted by Gasteiger charge is -2.12. The van der Waals surface area contributed by atoms with E-state index in [4.69, 9.17) is 0 Å². The van der Waals surface area contributed by atoms with Crippen LogP contribution >= 0.6 is 0 Å². The van der Waals surface area contributed by atoms with Crippen molar-refractivity contribution in [1.82, 2.24) is 0 Å². The second-order valence-corrected chi connectivity index (χ2v) is 5.61. The lowest BCUT2D eigenvalue weighted by atomic mass is 9.95. The van der Waals surface area contributed by atoms with Crippen LogP contribution in [0.25, 0.3) is 21.9 Å². The van der Waals surface area contributed by atoms with Crippen LogP contribution in [0.3, 0.4) is 0 Å². The summed E-state index contributed by atoms with van der Waals surface area (Å²) in [5.41, 5.74) is 4.02. The summed E-state index contributed by atoms with van der Waals surface area (Å²) in [6.45, 7) is 1.05. The Hall–Kier alpha value is -2.12. The second kappa shape index (κ2) is 5.48. The number of benzene rings is 3. The van der Waals surface area contributed by atoms with Crippen LogP contribution in [-0.2, 0) is 6.54 Å². The van der Waals surface area contributed by atoms with Crippen LogP contribution in [0.5, 0.6) is 0 Å². The molecule has 3 aromatic rings. The Balaban J connectivity index is 2.23. The summed E-state index contributed by atoms with van der Waals surface area (Å²) in [6, 6.07) is 24.0. The monoisotopic (exact) mass is 262 g/mol. The van der Waals surface area contributed by atoms with Gasteiger partial charge in [0.25, 0.3) is 0 Å². The number of fused-ring (bicyclic) bond motifs is 1. The standard InChI is InChI=1S/C19H19N/c1-20(2)14-15-12-17-10-6-7-11-18(17)19(13-15)16-8-4-3-5-9-16/h3-13H,14H2,1-2H3/p+1. The molecule has 1 nitrogen and oxygen atoms in total. The summed E-state index contributed by atoms with van der Waals surface area (Å²) in [5, 5.41) is 2.65. The fourth-order valence-corrected chi connectivity index (χ4v) is 2.74. The summed E-state index contributed by atoms with van der Waals surface area (Å²) in [6.07, 6.45) is 0. The average molecular weight is 262 g/mol. The van der Waals surface area contributed by atoms with Crippen molar-refractivity contribution >= 4 is 10.8 Å². The van der Waals surface area contributed by atoms with E-state index in [1.54, 1.807) is 0 Å². The molecule has 0 fully saturated rings. The minimum absolute atomic E-state index is 1.05. The first-order valence-electron chi connectivity index (χ1n) is 7.10. The molecule has 0 saturated heterocycles. The molecule has 0 aliphatic rings. The van der Waals surface area contributed by atoms with Gasteiger partial charge in [-0.1, -0.05) is 54.6 Å². The number of nitrogens with one attached hydrogen (secondary N) is 1. The van der Waals surface area contributed by atoms with Crippen molar-refractivity contribution in [1.29, 1.82) is 0 Å². The highest BCUT2D eigenvalue weighted by molar-refractivity contribution is 5.97. The zero-order valence-corrected chi connectivity index (χ0v) is 12.1. The minimum atomic E-state index is 1.05. The van der Waals surface area contributed by atoms with Crippen molar-refractivity contribution in [3.05, 3.63) is 72.3 Å². The predicted molar refractivity (Wildman–Crippen MR) is 85.9 cm³/mol. The van der Waals surface area contributed by atoms with E-state index in [2.05, 4.69) is 80.8 Å². The van der Waals surface area contributed by atoms with Crippen LogP contribution in [0.4, 0.5) is 0 Å². The van der Waals surface area contributed by atoms with Crippen LogP contribution in [0, 0.1) is 0 Å². The highest BCUT2D eigenvalue weighted by Gasteiger charge is 2.07. The molecular formula is C19H20N+. The molecule has 0 atom stereocenters. The van der Waals surface area contributed by atoms with Gasteiger partial charge in [0.1, 0.15) is 6.54 Å². The maximum absolute atomic E-state index is 2.34. The predicted octanol–water partition coefficient (Wildman–Crippen LogP) is 3.15. The molecule has 0 unspecified atom stereocenters. The van der Waals surface area contributed by atoms with Crippen LogP contribution < -0.4 is 4.90 Å². The van der Waals surface area contributed by atoms with Gasteiger partial charge in [0.2, 0.25) is 0 Å². The van der Waals surface area contributed by atoms with Gasteiger partial charge in [0.15, 0.2) is 0 Å². The number of quaternary nitrogens is 1. The molecule has 0 aromatic heterocycles. The maximum atomic E-state index is 2.34. The molecule has 0 spiro atoms. The highest BCUT2D eigenvalue weighted by Crippen LogP contribution is 2.29. The quantitative estimate of drug-likeness (QED) is 0.739. The third kappa shape index (κ3) is 2.59. The number of rotatable bonds is 3. The summed E-state index contributed by atoms with van der Waals surface area (Å²) in [5.74, 6) is 0. The second-order valence-electron chi connectivity index (χ2n) is 5.61. The van der Waals surface area contributed by atoms with Crippen LogP contribution in [0.2, 0.25) is 0 Å². The first-order chi connectivity index (χ1) is 9.74. The molecule has 0 radical (unpaired) electrons. The van der Waals surface area contributed by atoms with Crippen molar-refractivity contribution < 1.29 is 4.90 Å².